The molecule has 4 nitrogen and oxygen atoms in total. The molecule has 0 bridgehead atoms. The van der Waals surface area contributed by atoms with Gasteiger partial charge in [0.05, 0.1) is 19.9 Å². The van der Waals surface area contributed by atoms with E-state index >= 15 is 0 Å². The van der Waals surface area contributed by atoms with Crippen molar-refractivity contribution < 1.29 is 9.47 Å². The molecule has 0 heterocycles. The highest BCUT2D eigenvalue weighted by Crippen LogP contribution is 2.37. The van der Waals surface area contributed by atoms with Crippen molar-refractivity contribution in [2.45, 2.75) is 19.8 Å². The van der Waals surface area contributed by atoms with Gasteiger partial charge in [-0.15, -0.1) is 0 Å². The van der Waals surface area contributed by atoms with Gasteiger partial charge in [0.15, 0.2) is 0 Å². The highest BCUT2D eigenvalue weighted by Gasteiger charge is 2.15. The topological polar surface area (TPSA) is 47.7 Å². The van der Waals surface area contributed by atoms with E-state index in [4.69, 9.17) is 15.2 Å². The first-order valence-corrected chi connectivity index (χ1v) is 6.22. The Bertz CT molecular complexity index is 392. The molecule has 0 atom stereocenters. The van der Waals surface area contributed by atoms with Gasteiger partial charge in [0.25, 0.3) is 0 Å². The van der Waals surface area contributed by atoms with E-state index in [2.05, 4.69) is 18.7 Å². The average molecular weight is 252 g/mol. The fraction of sp³-hybridized carbons (Fsp3) is 0.571. The van der Waals surface area contributed by atoms with Crippen LogP contribution in [0.3, 0.4) is 0 Å². The molecule has 0 aliphatic heterocycles. The zero-order chi connectivity index (χ0) is 13.7. The first kappa shape index (κ1) is 14.6. The lowest BCUT2D eigenvalue weighted by atomic mass is 10.0. The molecule has 1 rings (SSSR count). The number of nitrogens with two attached hydrogens (primary N) is 1. The molecule has 0 spiro atoms. The van der Waals surface area contributed by atoms with Crippen molar-refractivity contribution in [3.8, 4) is 11.5 Å². The highest BCUT2D eigenvalue weighted by atomic mass is 16.5. The molecule has 0 saturated heterocycles. The average Bonchev–Trinajstić information content (AvgIpc) is 2.37. The van der Waals surface area contributed by atoms with Crippen molar-refractivity contribution in [3.05, 3.63) is 17.7 Å². The molecule has 0 aliphatic carbocycles. The first-order valence-electron chi connectivity index (χ1n) is 6.22. The molecule has 102 valence electrons. The molecule has 0 aromatic heterocycles. The largest absolute Gasteiger partial charge is 0.496 e. The molecule has 0 amide bonds. The lowest BCUT2D eigenvalue weighted by Gasteiger charge is -2.23. The maximum absolute atomic E-state index is 5.59. The number of methoxy groups -OCH3 is 2. The van der Waals surface area contributed by atoms with Crippen molar-refractivity contribution in [2.75, 3.05) is 39.3 Å². The van der Waals surface area contributed by atoms with Crippen LogP contribution >= 0.6 is 0 Å². The normalized spacial score (nSPS) is 10.6. The third-order valence-electron chi connectivity index (χ3n) is 3.03. The van der Waals surface area contributed by atoms with E-state index in [1.54, 1.807) is 14.2 Å². The summed E-state index contributed by atoms with van der Waals surface area (Å²) in [6.07, 6.45) is 0. The number of hydrogen-bond donors (Lipinski definition) is 1. The minimum absolute atomic E-state index is 0.391. The lowest BCUT2D eigenvalue weighted by molar-refractivity contribution is 0.397. The van der Waals surface area contributed by atoms with E-state index in [1.807, 2.05) is 19.2 Å². The molecular weight excluding hydrogens is 228 g/mol. The lowest BCUT2D eigenvalue weighted by Crippen LogP contribution is -2.25. The predicted molar refractivity (Wildman–Crippen MR) is 76.0 cm³/mol. The van der Waals surface area contributed by atoms with Crippen LogP contribution in [-0.4, -0.2) is 34.4 Å². The molecule has 0 radical (unpaired) electrons. The Balaban J connectivity index is 3.25. The summed E-state index contributed by atoms with van der Waals surface area (Å²) in [4.78, 5) is 2.07. The summed E-state index contributed by atoms with van der Waals surface area (Å²) in [7, 11) is 5.38. The van der Waals surface area contributed by atoms with Crippen molar-refractivity contribution in [2.24, 2.45) is 5.73 Å². The Morgan fingerprint density at radius 3 is 2.22 bits per heavy atom. The molecule has 1 aromatic carbocycles. The van der Waals surface area contributed by atoms with E-state index in [0.717, 1.165) is 29.3 Å². The molecule has 1 aromatic rings. The second-order valence-electron chi connectivity index (χ2n) is 4.63. The Labute approximate surface area is 110 Å². The van der Waals surface area contributed by atoms with Gasteiger partial charge in [-0.25, -0.2) is 0 Å². The number of likely N-dealkylation sites (N-methyl/N-ethyl adjacent to an activating group) is 1. The third kappa shape index (κ3) is 3.07. The molecule has 0 unspecified atom stereocenters. The van der Waals surface area contributed by atoms with Crippen LogP contribution in [0.5, 0.6) is 11.5 Å². The molecule has 18 heavy (non-hydrogen) atoms. The quantitative estimate of drug-likeness (QED) is 0.843. The van der Waals surface area contributed by atoms with Gasteiger partial charge >= 0.3 is 0 Å². The predicted octanol–water partition coefficient (Wildman–Crippen LogP) is 2.22. The summed E-state index contributed by atoms with van der Waals surface area (Å²) < 4.78 is 10.9. The van der Waals surface area contributed by atoms with Gasteiger partial charge < -0.3 is 20.1 Å². The number of nitrogens with zero attached hydrogens (tertiary/aromatic N) is 1. The Morgan fingerprint density at radius 2 is 1.78 bits per heavy atom. The van der Waals surface area contributed by atoms with Crippen LogP contribution in [0.4, 0.5) is 5.69 Å². The zero-order valence-corrected chi connectivity index (χ0v) is 12.0. The van der Waals surface area contributed by atoms with E-state index in [9.17, 15) is 0 Å². The smallest absolute Gasteiger partial charge is 0.142 e. The van der Waals surface area contributed by atoms with Crippen molar-refractivity contribution in [1.29, 1.82) is 0 Å². The minimum Gasteiger partial charge on any atom is -0.496 e. The van der Waals surface area contributed by atoms with Gasteiger partial charge in [-0.1, -0.05) is 13.8 Å². The van der Waals surface area contributed by atoms with Crippen LogP contribution in [0.1, 0.15) is 25.3 Å². The first-order chi connectivity index (χ1) is 8.54. The van der Waals surface area contributed by atoms with Crippen LogP contribution in [-0.2, 0) is 0 Å². The summed E-state index contributed by atoms with van der Waals surface area (Å²) in [5.74, 6) is 2.14. The fourth-order valence-corrected chi connectivity index (χ4v) is 1.97. The van der Waals surface area contributed by atoms with Crippen molar-refractivity contribution in [3.63, 3.8) is 0 Å². The van der Waals surface area contributed by atoms with E-state index in [1.165, 1.54) is 0 Å². The van der Waals surface area contributed by atoms with Crippen molar-refractivity contribution in [1.82, 2.24) is 0 Å². The fourth-order valence-electron chi connectivity index (χ4n) is 1.97. The number of ether oxygens (including phenoxy) is 2. The van der Waals surface area contributed by atoms with Crippen LogP contribution in [0, 0.1) is 0 Å². The van der Waals surface area contributed by atoms with E-state index < -0.39 is 0 Å². The van der Waals surface area contributed by atoms with Crippen molar-refractivity contribution >= 4 is 5.69 Å². The molecule has 4 heteroatoms. The molecule has 0 saturated carbocycles. The van der Waals surface area contributed by atoms with Crippen LogP contribution < -0.4 is 20.1 Å². The van der Waals surface area contributed by atoms with E-state index in [-0.39, 0.29) is 0 Å². The molecular formula is C14H24N2O2. The minimum atomic E-state index is 0.391. The Morgan fingerprint density at radius 1 is 1.17 bits per heavy atom. The van der Waals surface area contributed by atoms with E-state index in [0.29, 0.717) is 12.5 Å². The number of hydrogen-bond acceptors (Lipinski definition) is 4. The second-order valence-corrected chi connectivity index (χ2v) is 4.63. The third-order valence-corrected chi connectivity index (χ3v) is 3.03. The van der Waals surface area contributed by atoms with Crippen LogP contribution in [0.25, 0.3) is 0 Å². The maximum Gasteiger partial charge on any atom is 0.142 e. The van der Waals surface area contributed by atoms with Gasteiger partial charge in [-0.05, 0) is 12.0 Å². The number of anilines is 1. The maximum atomic E-state index is 5.59. The zero-order valence-electron chi connectivity index (χ0n) is 12.0. The standard InChI is InChI=1S/C14H24N2O2/c1-10(2)11-8-14(18-5)12(9-13(11)17-4)16(3)7-6-15/h8-10H,6-7,15H2,1-5H3. The summed E-state index contributed by atoms with van der Waals surface area (Å²) in [6, 6.07) is 4.07. The second kappa shape index (κ2) is 6.50. The Kier molecular flexibility index (Phi) is 5.28. The molecule has 0 fully saturated rings. The summed E-state index contributed by atoms with van der Waals surface area (Å²) >= 11 is 0. The molecule has 0 aliphatic rings. The van der Waals surface area contributed by atoms with Gasteiger partial charge in [0.1, 0.15) is 11.5 Å². The van der Waals surface area contributed by atoms with Gasteiger partial charge in [-0.3, -0.25) is 0 Å². The Hall–Kier alpha value is -1.42. The number of rotatable bonds is 6. The van der Waals surface area contributed by atoms with Crippen LogP contribution in [0.2, 0.25) is 0 Å². The van der Waals surface area contributed by atoms with Gasteiger partial charge in [0.2, 0.25) is 0 Å². The highest BCUT2D eigenvalue weighted by molar-refractivity contribution is 5.64. The monoisotopic (exact) mass is 252 g/mol. The van der Waals surface area contributed by atoms with Gasteiger partial charge in [-0.2, -0.15) is 0 Å². The van der Waals surface area contributed by atoms with Crippen LogP contribution in [0.15, 0.2) is 12.1 Å². The van der Waals surface area contributed by atoms with Gasteiger partial charge in [0, 0.05) is 31.8 Å². The SMILES string of the molecule is COc1cc(N(C)CCN)c(OC)cc1C(C)C. The summed E-state index contributed by atoms with van der Waals surface area (Å²) in [6.45, 7) is 5.66. The number of benzene rings is 1. The summed E-state index contributed by atoms with van der Waals surface area (Å²) in [5, 5.41) is 0. The summed E-state index contributed by atoms with van der Waals surface area (Å²) in [5.41, 5.74) is 7.75. The molecule has 2 N–H and O–H groups in total.